The summed E-state index contributed by atoms with van der Waals surface area (Å²) in [4.78, 5) is 37.9. The van der Waals surface area contributed by atoms with Gasteiger partial charge in [0.05, 0.1) is 0 Å². The van der Waals surface area contributed by atoms with Gasteiger partial charge in [0.25, 0.3) is 0 Å². The quantitative estimate of drug-likeness (QED) is 0.0263. The molecular formula is C54H90O6. The van der Waals surface area contributed by atoms with Gasteiger partial charge in [0.15, 0.2) is 6.10 Å². The van der Waals surface area contributed by atoms with Crippen LogP contribution in [0.2, 0.25) is 0 Å². The summed E-state index contributed by atoms with van der Waals surface area (Å²) in [6, 6.07) is 0. The Hall–Kier alpha value is -3.41. The van der Waals surface area contributed by atoms with Crippen molar-refractivity contribution in [1.82, 2.24) is 0 Å². The second-order valence-electron chi connectivity index (χ2n) is 16.0. The van der Waals surface area contributed by atoms with Gasteiger partial charge in [-0.15, -0.1) is 0 Å². The Bertz CT molecular complexity index is 1190. The highest BCUT2D eigenvalue weighted by Crippen LogP contribution is 2.13. The van der Waals surface area contributed by atoms with Crippen LogP contribution in [0.15, 0.2) is 85.1 Å². The van der Waals surface area contributed by atoms with Gasteiger partial charge in [-0.3, -0.25) is 14.4 Å². The number of allylic oxidation sites excluding steroid dienone is 14. The third-order valence-corrected chi connectivity index (χ3v) is 10.1. The summed E-state index contributed by atoms with van der Waals surface area (Å²) >= 11 is 0. The maximum absolute atomic E-state index is 12.7. The van der Waals surface area contributed by atoms with E-state index < -0.39 is 6.10 Å². The van der Waals surface area contributed by atoms with Crippen molar-refractivity contribution < 1.29 is 28.6 Å². The zero-order chi connectivity index (χ0) is 43.7. The zero-order valence-electron chi connectivity index (χ0n) is 38.9. The molecule has 0 radical (unpaired) electrons. The number of rotatable bonds is 43. The fraction of sp³-hybridized carbons (Fsp3) is 0.685. The van der Waals surface area contributed by atoms with Crippen LogP contribution in [0.3, 0.4) is 0 Å². The fourth-order valence-electron chi connectivity index (χ4n) is 6.46. The Labute approximate surface area is 369 Å². The van der Waals surface area contributed by atoms with Gasteiger partial charge in [0, 0.05) is 19.3 Å². The minimum Gasteiger partial charge on any atom is -0.462 e. The maximum Gasteiger partial charge on any atom is 0.306 e. The Morgan fingerprint density at radius 2 is 0.650 bits per heavy atom. The SMILES string of the molecule is CC/C=C\C/C=C\C/C=C\CCCCCCCCCC(=O)OCC(COC(=O)CCCCCCC/C=C\CCCCC)OC(=O)CCCCC/C=C\C/C=C\C/C=C\CC. The molecule has 0 heterocycles. The number of ether oxygens (including phenoxy) is 3. The Morgan fingerprint density at radius 3 is 1.05 bits per heavy atom. The molecule has 0 aromatic heterocycles. The molecule has 0 saturated carbocycles. The molecule has 0 bridgehead atoms. The molecule has 0 rings (SSSR count). The maximum atomic E-state index is 12.7. The lowest BCUT2D eigenvalue weighted by Gasteiger charge is -2.18. The standard InChI is InChI=1S/C54H90O6/c1-4-7-10-13-16-19-22-25-26-27-28-30-32-35-38-41-44-47-53(56)59-50-51(49-58-52(55)46-43-40-37-34-31-24-21-18-15-12-9-6-3)60-54(57)48-45-42-39-36-33-29-23-20-17-14-11-8-5-2/h7-8,10-11,16-21,25-26,29,33,51H,4-6,9,12-15,22-24,27-28,30-32,34-50H2,1-3H3/b10-7-,11-8-,19-16-,20-17-,21-18-,26-25-,33-29-. The molecule has 60 heavy (non-hydrogen) atoms. The normalized spacial score (nSPS) is 12.8. The van der Waals surface area contributed by atoms with E-state index >= 15 is 0 Å². The van der Waals surface area contributed by atoms with Crippen molar-refractivity contribution in [1.29, 1.82) is 0 Å². The number of unbranched alkanes of at least 4 members (excludes halogenated alkanes) is 18. The van der Waals surface area contributed by atoms with E-state index in [4.69, 9.17) is 14.2 Å². The van der Waals surface area contributed by atoms with Crippen molar-refractivity contribution in [2.24, 2.45) is 0 Å². The van der Waals surface area contributed by atoms with Gasteiger partial charge in [-0.05, 0) is 109 Å². The van der Waals surface area contributed by atoms with Gasteiger partial charge in [0.2, 0.25) is 0 Å². The first-order chi connectivity index (χ1) is 29.5. The molecule has 342 valence electrons. The molecule has 0 fully saturated rings. The number of hydrogen-bond acceptors (Lipinski definition) is 6. The molecule has 1 atom stereocenters. The van der Waals surface area contributed by atoms with Crippen molar-refractivity contribution in [2.45, 2.75) is 226 Å². The first kappa shape index (κ1) is 56.6. The molecule has 0 N–H and O–H groups in total. The Kier molecular flexibility index (Phi) is 45.5. The largest absolute Gasteiger partial charge is 0.462 e. The second kappa shape index (κ2) is 48.3. The van der Waals surface area contributed by atoms with Crippen LogP contribution in [-0.4, -0.2) is 37.2 Å². The fourth-order valence-corrected chi connectivity index (χ4v) is 6.46. The van der Waals surface area contributed by atoms with Gasteiger partial charge in [-0.25, -0.2) is 0 Å². The molecule has 0 aliphatic heterocycles. The van der Waals surface area contributed by atoms with E-state index in [1.54, 1.807) is 0 Å². The number of hydrogen-bond donors (Lipinski definition) is 0. The first-order valence-electron chi connectivity index (χ1n) is 24.6. The van der Waals surface area contributed by atoms with Crippen molar-refractivity contribution in [2.75, 3.05) is 13.2 Å². The molecule has 6 nitrogen and oxygen atoms in total. The van der Waals surface area contributed by atoms with E-state index in [2.05, 4.69) is 106 Å². The van der Waals surface area contributed by atoms with E-state index in [-0.39, 0.29) is 37.5 Å². The summed E-state index contributed by atoms with van der Waals surface area (Å²) in [5, 5.41) is 0. The minimum absolute atomic E-state index is 0.0969. The van der Waals surface area contributed by atoms with Gasteiger partial charge in [-0.1, -0.05) is 176 Å². The van der Waals surface area contributed by atoms with Crippen LogP contribution in [0.4, 0.5) is 0 Å². The van der Waals surface area contributed by atoms with Gasteiger partial charge in [-0.2, -0.15) is 0 Å². The van der Waals surface area contributed by atoms with Crippen molar-refractivity contribution in [3.63, 3.8) is 0 Å². The van der Waals surface area contributed by atoms with Gasteiger partial charge in [0.1, 0.15) is 13.2 Å². The molecular weight excluding hydrogens is 745 g/mol. The molecule has 0 aromatic carbocycles. The predicted molar refractivity (Wildman–Crippen MR) is 256 cm³/mol. The van der Waals surface area contributed by atoms with Crippen molar-refractivity contribution in [3.05, 3.63) is 85.1 Å². The smallest absolute Gasteiger partial charge is 0.306 e. The Balaban J connectivity index is 4.44. The van der Waals surface area contributed by atoms with E-state index in [1.165, 1.54) is 57.8 Å². The molecule has 0 aliphatic carbocycles. The van der Waals surface area contributed by atoms with Crippen LogP contribution in [0.5, 0.6) is 0 Å². The summed E-state index contributed by atoms with van der Waals surface area (Å²) in [5.74, 6) is -0.949. The predicted octanol–water partition coefficient (Wildman–Crippen LogP) is 16.0. The first-order valence-corrected chi connectivity index (χ1v) is 24.6. The summed E-state index contributed by atoms with van der Waals surface area (Å²) in [6.45, 7) is 6.33. The lowest BCUT2D eigenvalue weighted by atomic mass is 10.1. The van der Waals surface area contributed by atoms with E-state index in [1.807, 2.05) is 0 Å². The highest BCUT2D eigenvalue weighted by Gasteiger charge is 2.19. The van der Waals surface area contributed by atoms with Gasteiger partial charge < -0.3 is 14.2 Å². The third kappa shape index (κ3) is 45.7. The lowest BCUT2D eigenvalue weighted by Crippen LogP contribution is -2.30. The van der Waals surface area contributed by atoms with Crippen LogP contribution in [0, 0.1) is 0 Å². The van der Waals surface area contributed by atoms with Gasteiger partial charge >= 0.3 is 17.9 Å². The van der Waals surface area contributed by atoms with Crippen molar-refractivity contribution in [3.8, 4) is 0 Å². The Morgan fingerprint density at radius 1 is 0.350 bits per heavy atom. The van der Waals surface area contributed by atoms with Crippen molar-refractivity contribution >= 4 is 17.9 Å². The third-order valence-electron chi connectivity index (χ3n) is 10.1. The summed E-state index contributed by atoms with van der Waals surface area (Å²) in [7, 11) is 0. The monoisotopic (exact) mass is 835 g/mol. The average molecular weight is 835 g/mol. The summed E-state index contributed by atoms with van der Waals surface area (Å²) in [5.41, 5.74) is 0. The number of carbonyl (C=O) groups excluding carboxylic acids is 3. The van der Waals surface area contributed by atoms with E-state index in [0.29, 0.717) is 12.8 Å². The number of esters is 3. The molecule has 6 heteroatoms. The summed E-state index contributed by atoms with van der Waals surface area (Å²) in [6.07, 6.45) is 61.4. The lowest BCUT2D eigenvalue weighted by molar-refractivity contribution is -0.167. The molecule has 0 saturated heterocycles. The average Bonchev–Trinajstić information content (AvgIpc) is 3.24. The van der Waals surface area contributed by atoms with Crippen LogP contribution in [-0.2, 0) is 28.6 Å². The highest BCUT2D eigenvalue weighted by atomic mass is 16.6. The van der Waals surface area contributed by atoms with Crippen LogP contribution < -0.4 is 0 Å². The topological polar surface area (TPSA) is 78.9 Å². The van der Waals surface area contributed by atoms with Crippen LogP contribution in [0.25, 0.3) is 0 Å². The van der Waals surface area contributed by atoms with Crippen LogP contribution >= 0.6 is 0 Å². The molecule has 0 amide bonds. The summed E-state index contributed by atoms with van der Waals surface area (Å²) < 4.78 is 16.7. The highest BCUT2D eigenvalue weighted by molar-refractivity contribution is 5.71. The zero-order valence-corrected chi connectivity index (χ0v) is 38.9. The van der Waals surface area contributed by atoms with Crippen LogP contribution in [0.1, 0.15) is 220 Å². The van der Waals surface area contributed by atoms with E-state index in [0.717, 1.165) is 122 Å². The molecule has 1 unspecified atom stereocenters. The second-order valence-corrected chi connectivity index (χ2v) is 16.0. The molecule has 0 aromatic rings. The van der Waals surface area contributed by atoms with E-state index in [9.17, 15) is 14.4 Å². The molecule has 0 spiro atoms. The minimum atomic E-state index is -0.798. The molecule has 0 aliphatic rings. The number of carbonyl (C=O) groups is 3.